The zero-order chi connectivity index (χ0) is 12.0. The van der Waals surface area contributed by atoms with Gasteiger partial charge in [-0.15, -0.1) is 0 Å². The van der Waals surface area contributed by atoms with Crippen LogP contribution in [0.25, 0.3) is 0 Å². The molecule has 3 N–H and O–H groups in total. The van der Waals surface area contributed by atoms with E-state index >= 15 is 0 Å². The van der Waals surface area contributed by atoms with Crippen LogP contribution in [-0.2, 0) is 4.79 Å². The van der Waals surface area contributed by atoms with E-state index in [0.717, 1.165) is 5.56 Å². The molecule has 0 aromatic heterocycles. The summed E-state index contributed by atoms with van der Waals surface area (Å²) in [6.45, 7) is 2.36. The molecule has 0 fully saturated rings. The van der Waals surface area contributed by atoms with Crippen molar-refractivity contribution in [2.45, 2.75) is 19.8 Å². The molecule has 4 heteroatoms. The topological polar surface area (TPSA) is 72.2 Å². The Morgan fingerprint density at radius 2 is 2.00 bits per heavy atom. The van der Waals surface area contributed by atoms with Crippen LogP contribution in [0.1, 0.15) is 28.8 Å². The molecule has 0 heterocycles. The molecular formula is C12H16N2O2. The largest absolute Gasteiger partial charge is 0.370 e. The van der Waals surface area contributed by atoms with Gasteiger partial charge in [-0.1, -0.05) is 18.2 Å². The molecule has 0 aliphatic heterocycles. The maximum atomic E-state index is 11.7. The SMILES string of the molecule is Cc1ccccc1C(=O)NCCCC(N)=O. The number of carbonyl (C=O) groups excluding carboxylic acids is 2. The van der Waals surface area contributed by atoms with Crippen molar-refractivity contribution in [3.05, 3.63) is 35.4 Å². The highest BCUT2D eigenvalue weighted by Gasteiger charge is 2.06. The molecule has 86 valence electrons. The first-order valence-corrected chi connectivity index (χ1v) is 5.23. The third-order valence-corrected chi connectivity index (χ3v) is 2.28. The van der Waals surface area contributed by atoms with Crippen LogP contribution in [0.2, 0.25) is 0 Å². The summed E-state index contributed by atoms with van der Waals surface area (Å²) < 4.78 is 0. The van der Waals surface area contributed by atoms with Gasteiger partial charge in [-0.25, -0.2) is 0 Å². The Kier molecular flexibility index (Phi) is 4.51. The van der Waals surface area contributed by atoms with Gasteiger partial charge in [0.15, 0.2) is 0 Å². The van der Waals surface area contributed by atoms with Crippen LogP contribution in [0, 0.1) is 6.92 Å². The van der Waals surface area contributed by atoms with Gasteiger partial charge in [0.2, 0.25) is 5.91 Å². The molecular weight excluding hydrogens is 204 g/mol. The Morgan fingerprint density at radius 3 is 2.62 bits per heavy atom. The van der Waals surface area contributed by atoms with Gasteiger partial charge in [-0.05, 0) is 25.0 Å². The van der Waals surface area contributed by atoms with Crippen molar-refractivity contribution >= 4 is 11.8 Å². The summed E-state index contributed by atoms with van der Waals surface area (Å²) in [5.41, 5.74) is 6.60. The van der Waals surface area contributed by atoms with Gasteiger partial charge < -0.3 is 11.1 Å². The van der Waals surface area contributed by atoms with Crippen molar-refractivity contribution in [1.29, 1.82) is 0 Å². The second-order valence-corrected chi connectivity index (χ2v) is 3.64. The van der Waals surface area contributed by atoms with E-state index in [9.17, 15) is 9.59 Å². The minimum absolute atomic E-state index is 0.109. The van der Waals surface area contributed by atoms with Crippen LogP contribution in [0.15, 0.2) is 24.3 Å². The van der Waals surface area contributed by atoms with Gasteiger partial charge in [0.25, 0.3) is 5.91 Å². The summed E-state index contributed by atoms with van der Waals surface area (Å²) in [6, 6.07) is 7.38. The first-order chi connectivity index (χ1) is 7.61. The minimum atomic E-state index is -0.342. The van der Waals surface area contributed by atoms with Crippen LogP contribution in [-0.4, -0.2) is 18.4 Å². The second kappa shape index (κ2) is 5.90. The summed E-state index contributed by atoms with van der Waals surface area (Å²) in [7, 11) is 0. The maximum absolute atomic E-state index is 11.7. The number of aryl methyl sites for hydroxylation is 1. The van der Waals surface area contributed by atoms with Gasteiger partial charge in [0.05, 0.1) is 0 Å². The van der Waals surface area contributed by atoms with Crippen molar-refractivity contribution in [3.8, 4) is 0 Å². The van der Waals surface area contributed by atoms with Gasteiger partial charge >= 0.3 is 0 Å². The monoisotopic (exact) mass is 220 g/mol. The van der Waals surface area contributed by atoms with Crippen LogP contribution >= 0.6 is 0 Å². The van der Waals surface area contributed by atoms with E-state index in [-0.39, 0.29) is 11.8 Å². The molecule has 0 saturated heterocycles. The fourth-order valence-corrected chi connectivity index (χ4v) is 1.39. The standard InChI is InChI=1S/C12H16N2O2/c1-9-5-2-3-6-10(9)12(16)14-8-4-7-11(13)15/h2-3,5-6H,4,7-8H2,1H3,(H2,13,15)(H,14,16). The number of nitrogens with one attached hydrogen (secondary N) is 1. The Balaban J connectivity index is 2.41. The lowest BCUT2D eigenvalue weighted by molar-refractivity contribution is -0.118. The lowest BCUT2D eigenvalue weighted by atomic mass is 10.1. The van der Waals surface area contributed by atoms with E-state index in [2.05, 4.69) is 5.32 Å². The lowest BCUT2D eigenvalue weighted by Crippen LogP contribution is -2.26. The molecule has 16 heavy (non-hydrogen) atoms. The zero-order valence-electron chi connectivity index (χ0n) is 9.32. The molecule has 2 amide bonds. The number of nitrogens with two attached hydrogens (primary N) is 1. The Hall–Kier alpha value is -1.84. The quantitative estimate of drug-likeness (QED) is 0.726. The molecule has 0 aliphatic carbocycles. The summed E-state index contributed by atoms with van der Waals surface area (Å²) in [6.07, 6.45) is 0.876. The predicted molar refractivity (Wildman–Crippen MR) is 61.9 cm³/mol. The van der Waals surface area contributed by atoms with Gasteiger partial charge in [0, 0.05) is 18.5 Å². The van der Waals surface area contributed by atoms with Crippen molar-refractivity contribution in [3.63, 3.8) is 0 Å². The molecule has 1 rings (SSSR count). The highest BCUT2D eigenvalue weighted by atomic mass is 16.2. The third-order valence-electron chi connectivity index (χ3n) is 2.28. The highest BCUT2D eigenvalue weighted by molar-refractivity contribution is 5.95. The number of hydrogen-bond donors (Lipinski definition) is 2. The summed E-state index contributed by atoms with van der Waals surface area (Å²) in [4.78, 5) is 22.2. The average Bonchev–Trinajstić information content (AvgIpc) is 2.24. The summed E-state index contributed by atoms with van der Waals surface area (Å²) in [5.74, 6) is -0.451. The molecule has 0 atom stereocenters. The van der Waals surface area contributed by atoms with Gasteiger partial charge in [-0.2, -0.15) is 0 Å². The number of carbonyl (C=O) groups is 2. The molecule has 0 saturated carbocycles. The van der Waals surface area contributed by atoms with E-state index in [1.54, 1.807) is 6.07 Å². The van der Waals surface area contributed by atoms with E-state index in [1.807, 2.05) is 25.1 Å². The predicted octanol–water partition coefficient (Wildman–Crippen LogP) is 0.990. The van der Waals surface area contributed by atoms with Crippen molar-refractivity contribution in [2.75, 3.05) is 6.54 Å². The fraction of sp³-hybridized carbons (Fsp3) is 0.333. The first kappa shape index (κ1) is 12.2. The number of benzene rings is 1. The maximum Gasteiger partial charge on any atom is 0.251 e. The molecule has 0 bridgehead atoms. The van der Waals surface area contributed by atoms with Crippen molar-refractivity contribution in [1.82, 2.24) is 5.32 Å². The van der Waals surface area contributed by atoms with Crippen molar-refractivity contribution in [2.24, 2.45) is 5.73 Å². The van der Waals surface area contributed by atoms with Gasteiger partial charge in [0.1, 0.15) is 0 Å². The van der Waals surface area contributed by atoms with Crippen LogP contribution in [0.3, 0.4) is 0 Å². The van der Waals surface area contributed by atoms with E-state index in [0.29, 0.717) is 24.9 Å². The fourth-order valence-electron chi connectivity index (χ4n) is 1.39. The third kappa shape index (κ3) is 3.73. The molecule has 0 spiro atoms. The average molecular weight is 220 g/mol. The van der Waals surface area contributed by atoms with Crippen LogP contribution < -0.4 is 11.1 Å². The molecule has 0 radical (unpaired) electrons. The Bertz CT molecular complexity index is 388. The number of hydrogen-bond acceptors (Lipinski definition) is 2. The smallest absolute Gasteiger partial charge is 0.251 e. The second-order valence-electron chi connectivity index (χ2n) is 3.64. The zero-order valence-corrected chi connectivity index (χ0v) is 9.32. The normalized spacial score (nSPS) is 9.81. The number of amides is 2. The molecule has 0 unspecified atom stereocenters. The van der Waals surface area contributed by atoms with Gasteiger partial charge in [-0.3, -0.25) is 9.59 Å². The van der Waals surface area contributed by atoms with E-state index in [1.165, 1.54) is 0 Å². The Morgan fingerprint density at radius 1 is 1.31 bits per heavy atom. The first-order valence-electron chi connectivity index (χ1n) is 5.23. The van der Waals surface area contributed by atoms with Crippen molar-refractivity contribution < 1.29 is 9.59 Å². The number of rotatable bonds is 5. The minimum Gasteiger partial charge on any atom is -0.370 e. The molecule has 1 aromatic rings. The van der Waals surface area contributed by atoms with E-state index < -0.39 is 0 Å². The summed E-state index contributed by atoms with van der Waals surface area (Å²) >= 11 is 0. The number of primary amides is 1. The highest BCUT2D eigenvalue weighted by Crippen LogP contribution is 2.06. The molecule has 4 nitrogen and oxygen atoms in total. The van der Waals surface area contributed by atoms with Crippen LogP contribution in [0.5, 0.6) is 0 Å². The summed E-state index contributed by atoms with van der Waals surface area (Å²) in [5, 5.41) is 2.75. The molecule has 1 aromatic carbocycles. The lowest BCUT2D eigenvalue weighted by Gasteiger charge is -2.06. The molecule has 0 aliphatic rings. The van der Waals surface area contributed by atoms with E-state index in [4.69, 9.17) is 5.73 Å². The Labute approximate surface area is 94.8 Å². The van der Waals surface area contributed by atoms with Crippen LogP contribution in [0.4, 0.5) is 0 Å².